The highest BCUT2D eigenvalue weighted by molar-refractivity contribution is 5.90. The second-order valence-corrected chi connectivity index (χ2v) is 13.4. The number of nitrogens with one attached hydrogen (secondary N) is 1. The fourth-order valence-electron chi connectivity index (χ4n) is 5.53. The van der Waals surface area contributed by atoms with E-state index in [1.54, 1.807) is 0 Å². The molecule has 0 bridgehead atoms. The Balaban J connectivity index is 0.000000650. The number of hydrogen-bond acceptors (Lipinski definition) is 11. The normalized spacial score (nSPS) is 13.2. The van der Waals surface area contributed by atoms with Crippen LogP contribution in [0.1, 0.15) is 29.9 Å². The van der Waals surface area contributed by atoms with Gasteiger partial charge in [-0.05, 0) is 79.0 Å². The van der Waals surface area contributed by atoms with Crippen LogP contribution in [0, 0.1) is 11.6 Å². The Morgan fingerprint density at radius 3 is 1.29 bits per heavy atom. The molecule has 0 amide bonds. The Hall–Kier alpha value is -6.96. The summed E-state index contributed by atoms with van der Waals surface area (Å²) in [5.74, 6) is -7.92. The van der Waals surface area contributed by atoms with Gasteiger partial charge in [-0.1, -0.05) is 24.3 Å². The molecule has 1 heterocycles. The quantitative estimate of drug-likeness (QED) is 0.0834. The van der Waals surface area contributed by atoms with E-state index < -0.39 is 41.9 Å². The molecule has 19 heteroatoms. The Kier molecular flexibility index (Phi) is 25.1. The molecule has 0 radical (unpaired) electrons. The fraction of sp³-hybridized carbons (Fsp3) is 0.302. The van der Waals surface area contributed by atoms with Crippen LogP contribution in [-0.2, 0) is 28.8 Å². The molecule has 1 unspecified atom stereocenters. The zero-order valence-electron chi connectivity index (χ0n) is 34.1. The van der Waals surface area contributed by atoms with Gasteiger partial charge in [0.25, 0.3) is 0 Å². The van der Waals surface area contributed by atoms with Gasteiger partial charge in [0.05, 0.1) is 6.10 Å². The van der Waals surface area contributed by atoms with E-state index in [2.05, 4.69) is 32.1 Å². The highest BCUT2D eigenvalue weighted by Gasteiger charge is 2.20. The number of piperazine rings is 1. The van der Waals surface area contributed by atoms with Crippen molar-refractivity contribution in [3.63, 3.8) is 0 Å². The summed E-state index contributed by atoms with van der Waals surface area (Å²) in [4.78, 5) is 64.2. The Morgan fingerprint density at radius 2 is 0.952 bits per heavy atom. The molecule has 4 rings (SSSR count). The van der Waals surface area contributed by atoms with Gasteiger partial charge in [-0.2, -0.15) is 0 Å². The average molecular weight is 871 g/mol. The number of carboxylic acids is 6. The largest absolute Gasteiger partial charge is 0.478 e. The predicted molar refractivity (Wildman–Crippen MR) is 225 cm³/mol. The number of aliphatic hydroxyl groups excluding tert-OH is 1. The second kappa shape index (κ2) is 29.3. The van der Waals surface area contributed by atoms with Gasteiger partial charge in [0, 0.05) is 107 Å². The zero-order chi connectivity index (χ0) is 46.6. The lowest BCUT2D eigenvalue weighted by atomic mass is 9.87. The van der Waals surface area contributed by atoms with Gasteiger partial charge in [-0.3, -0.25) is 4.90 Å². The van der Waals surface area contributed by atoms with E-state index in [9.17, 15) is 42.7 Å². The number of rotatable bonds is 18. The zero-order valence-corrected chi connectivity index (χ0v) is 34.1. The van der Waals surface area contributed by atoms with Crippen LogP contribution in [0.2, 0.25) is 0 Å². The van der Waals surface area contributed by atoms with Crippen LogP contribution in [0.25, 0.3) is 0 Å². The van der Waals surface area contributed by atoms with Crippen LogP contribution in [0.5, 0.6) is 0 Å². The summed E-state index contributed by atoms with van der Waals surface area (Å²) in [6.07, 6.45) is 4.83. The first-order chi connectivity index (χ1) is 29.2. The standard InChI is InChI=1S/C31H40F2N4O.3C4H4O4/c1-35(2)29-15-13-28(14-16-29)34-22-30(38)23-37-20-18-36(19-21-37)17-3-4-31(24-5-9-26(32)10-6-24)25-7-11-27(33)12-8-25;3*5-3(6)1-2-4(7)8/h5-16,30-31,34,38H,3-4,17-23H2,1-2H3;3*1-2H,(H,5,6)(H,7,8)/b;3*2-1-. The lowest BCUT2D eigenvalue weighted by Gasteiger charge is -2.36. The molecule has 17 nitrogen and oxygen atoms in total. The maximum absolute atomic E-state index is 13.5. The van der Waals surface area contributed by atoms with Gasteiger partial charge < -0.3 is 50.9 Å². The van der Waals surface area contributed by atoms with Gasteiger partial charge in [0.2, 0.25) is 0 Å². The van der Waals surface area contributed by atoms with Crippen molar-refractivity contribution in [3.8, 4) is 0 Å². The third-order valence-electron chi connectivity index (χ3n) is 8.48. The summed E-state index contributed by atoms with van der Waals surface area (Å²) in [6, 6.07) is 21.5. The number of β-amino-alcohol motifs (C(OH)–C–C–N with tert-alkyl or cyclic N) is 1. The number of hydrogen-bond donors (Lipinski definition) is 8. The number of benzene rings is 3. The monoisotopic (exact) mass is 870 g/mol. The molecule has 0 aliphatic carbocycles. The second-order valence-electron chi connectivity index (χ2n) is 13.4. The van der Waals surface area contributed by atoms with E-state index in [4.69, 9.17) is 30.6 Å². The minimum Gasteiger partial charge on any atom is -0.478 e. The molecule has 3 aromatic carbocycles. The lowest BCUT2D eigenvalue weighted by molar-refractivity contribution is -0.134. The van der Waals surface area contributed by atoms with Crippen LogP contribution in [0.4, 0.5) is 20.2 Å². The van der Waals surface area contributed by atoms with Crippen molar-refractivity contribution in [2.75, 3.05) is 70.1 Å². The first-order valence-corrected chi connectivity index (χ1v) is 18.8. The van der Waals surface area contributed by atoms with E-state index in [0.717, 1.165) is 68.1 Å². The molecule has 1 aliphatic rings. The summed E-state index contributed by atoms with van der Waals surface area (Å²) >= 11 is 0. The van der Waals surface area contributed by atoms with E-state index >= 15 is 0 Å². The molecule has 62 heavy (non-hydrogen) atoms. The van der Waals surface area contributed by atoms with E-state index in [-0.39, 0.29) is 17.6 Å². The van der Waals surface area contributed by atoms with Gasteiger partial charge in [-0.15, -0.1) is 0 Å². The maximum atomic E-state index is 13.5. The minimum atomic E-state index is -1.26. The van der Waals surface area contributed by atoms with Crippen LogP contribution >= 0.6 is 0 Å². The molecule has 1 atom stereocenters. The summed E-state index contributed by atoms with van der Waals surface area (Å²) in [7, 11) is 4.04. The van der Waals surface area contributed by atoms with Crippen molar-refractivity contribution in [1.29, 1.82) is 0 Å². The maximum Gasteiger partial charge on any atom is 0.328 e. The summed E-state index contributed by atoms with van der Waals surface area (Å²) < 4.78 is 27.0. The number of carboxylic acid groups (broad SMARTS) is 6. The van der Waals surface area contributed by atoms with Crippen molar-refractivity contribution >= 4 is 47.2 Å². The van der Waals surface area contributed by atoms with Crippen molar-refractivity contribution in [1.82, 2.24) is 9.80 Å². The SMILES string of the molecule is CN(C)c1ccc(NCC(O)CN2CCN(CCCC(c3ccc(F)cc3)c3ccc(F)cc3)CC2)cc1.O=C(O)/C=C\C(=O)O.O=C(O)/C=C\C(=O)O.O=C(O)/C=C\C(=O)O. The lowest BCUT2D eigenvalue weighted by Crippen LogP contribution is -2.49. The smallest absolute Gasteiger partial charge is 0.328 e. The van der Waals surface area contributed by atoms with Gasteiger partial charge in [-0.25, -0.2) is 37.5 Å². The van der Waals surface area contributed by atoms with Crippen molar-refractivity contribution < 1.29 is 73.3 Å². The van der Waals surface area contributed by atoms with Crippen molar-refractivity contribution in [2.24, 2.45) is 0 Å². The molecule has 1 saturated heterocycles. The summed E-state index contributed by atoms with van der Waals surface area (Å²) in [5.41, 5.74) is 4.27. The van der Waals surface area contributed by atoms with Crippen LogP contribution in [0.3, 0.4) is 0 Å². The molecule has 336 valence electrons. The average Bonchev–Trinajstić information content (AvgIpc) is 3.22. The Labute approximate surface area is 356 Å². The molecule has 0 saturated carbocycles. The molecule has 0 spiro atoms. The van der Waals surface area contributed by atoms with Crippen molar-refractivity contribution in [3.05, 3.63) is 132 Å². The van der Waals surface area contributed by atoms with Gasteiger partial charge >= 0.3 is 35.8 Å². The first-order valence-electron chi connectivity index (χ1n) is 18.8. The predicted octanol–water partition coefficient (Wildman–Crippen LogP) is 4.17. The molecule has 0 aromatic heterocycles. The fourth-order valence-corrected chi connectivity index (χ4v) is 5.53. The highest BCUT2D eigenvalue weighted by Crippen LogP contribution is 2.30. The number of nitrogens with zero attached hydrogens (tertiary/aromatic N) is 3. The number of halogens is 2. The third-order valence-corrected chi connectivity index (χ3v) is 8.48. The highest BCUT2D eigenvalue weighted by atomic mass is 19.1. The molecule has 1 fully saturated rings. The third kappa shape index (κ3) is 25.5. The minimum absolute atomic E-state index is 0.110. The number of aliphatic carboxylic acids is 6. The Morgan fingerprint density at radius 1 is 0.597 bits per heavy atom. The van der Waals surface area contributed by atoms with E-state index in [1.165, 1.54) is 24.3 Å². The molecule has 8 N–H and O–H groups in total. The number of anilines is 2. The topological polar surface area (TPSA) is 266 Å². The molecular weight excluding hydrogens is 818 g/mol. The number of aliphatic hydroxyl groups is 1. The van der Waals surface area contributed by atoms with Gasteiger partial charge in [0.1, 0.15) is 11.6 Å². The van der Waals surface area contributed by atoms with E-state index in [1.807, 2.05) is 50.5 Å². The van der Waals surface area contributed by atoms with Crippen LogP contribution < -0.4 is 10.2 Å². The van der Waals surface area contributed by atoms with Crippen molar-refractivity contribution in [2.45, 2.75) is 24.9 Å². The van der Waals surface area contributed by atoms with Crippen LogP contribution in [0.15, 0.2) is 109 Å². The first kappa shape index (κ1) is 53.1. The van der Waals surface area contributed by atoms with Gasteiger partial charge in [0.15, 0.2) is 0 Å². The molecular formula is C43H52F2N4O13. The Bertz CT molecular complexity index is 1770. The van der Waals surface area contributed by atoms with Crippen LogP contribution in [-0.4, -0.2) is 147 Å². The molecule has 1 aliphatic heterocycles. The summed E-state index contributed by atoms with van der Waals surface area (Å²) in [5, 5.41) is 60.8. The molecule has 3 aromatic rings. The van der Waals surface area contributed by atoms with E-state index in [0.29, 0.717) is 49.5 Å². The number of carbonyl (C=O) groups is 6. The summed E-state index contributed by atoms with van der Waals surface area (Å²) in [6.45, 7) is 6.00.